The van der Waals surface area contributed by atoms with E-state index in [0.29, 0.717) is 10.8 Å². The van der Waals surface area contributed by atoms with Crippen LogP contribution in [0.4, 0.5) is 5.69 Å². The van der Waals surface area contributed by atoms with Crippen molar-refractivity contribution in [3.63, 3.8) is 0 Å². The van der Waals surface area contributed by atoms with E-state index in [4.69, 9.17) is 16.3 Å². The Morgan fingerprint density at radius 2 is 1.83 bits per heavy atom. The van der Waals surface area contributed by atoms with Crippen molar-refractivity contribution in [1.82, 2.24) is 4.90 Å². The fraction of sp³-hybridized carbons (Fsp3) is 0.400. The van der Waals surface area contributed by atoms with Crippen LogP contribution < -0.4 is 9.64 Å². The molecule has 6 heteroatoms. The Morgan fingerprint density at radius 3 is 2.50 bits per heavy atom. The number of aryl methyl sites for hydroxylation is 1. The van der Waals surface area contributed by atoms with Gasteiger partial charge < -0.3 is 9.64 Å². The maximum Gasteiger partial charge on any atom is 0.138 e. The summed E-state index contributed by atoms with van der Waals surface area (Å²) in [7, 11) is 1.62. The molecule has 3 aromatic carbocycles. The van der Waals surface area contributed by atoms with Crippen LogP contribution in [-0.2, 0) is 4.79 Å². The summed E-state index contributed by atoms with van der Waals surface area (Å²) in [5.74, 6) is 2.99. The topological polar surface area (TPSA) is 32.8 Å². The first kappa shape index (κ1) is 28.1. The molecular weight excluding hydrogens is 491 g/mol. The van der Waals surface area contributed by atoms with Crippen LogP contribution in [0.2, 0.25) is 5.02 Å². The molecule has 0 N–H and O–H groups in total. The summed E-state index contributed by atoms with van der Waals surface area (Å²) in [5.41, 5.74) is 5.66. The number of ether oxygens (including phenoxy) is 1. The number of fused-ring (bicyclic) bond motifs is 1. The Kier molecular flexibility index (Phi) is 9.87. The minimum absolute atomic E-state index is 0. The number of hydrogen-bond donors (Lipinski definition) is 0. The van der Waals surface area contributed by atoms with Gasteiger partial charge in [-0.05, 0) is 60.5 Å². The summed E-state index contributed by atoms with van der Waals surface area (Å²) in [5, 5.41) is 2.51. The van der Waals surface area contributed by atoms with Gasteiger partial charge in [-0.1, -0.05) is 61.7 Å². The highest BCUT2D eigenvalue weighted by atomic mass is 35.5. The summed E-state index contributed by atoms with van der Waals surface area (Å²) in [6.45, 7) is 10.3. The van der Waals surface area contributed by atoms with Gasteiger partial charge in [0.05, 0.1) is 17.7 Å². The molecule has 0 spiro atoms. The van der Waals surface area contributed by atoms with Crippen molar-refractivity contribution in [3.8, 4) is 5.75 Å². The van der Waals surface area contributed by atoms with Gasteiger partial charge in [0.25, 0.3) is 0 Å². The number of halogens is 2. The molecular formula is C30H36Cl2N2O2. The van der Waals surface area contributed by atoms with E-state index in [1.54, 1.807) is 7.11 Å². The minimum Gasteiger partial charge on any atom is -0.495 e. The molecule has 1 saturated heterocycles. The third-order valence-electron chi connectivity index (χ3n) is 7.40. The van der Waals surface area contributed by atoms with E-state index in [0.717, 1.165) is 67.4 Å². The average Bonchev–Trinajstić information content (AvgIpc) is 2.88. The van der Waals surface area contributed by atoms with Crippen molar-refractivity contribution in [3.05, 3.63) is 70.2 Å². The van der Waals surface area contributed by atoms with Gasteiger partial charge in [-0.3, -0.25) is 4.90 Å². The molecule has 1 aliphatic heterocycles. The smallest absolute Gasteiger partial charge is 0.138 e. The fourth-order valence-electron chi connectivity index (χ4n) is 5.18. The lowest BCUT2D eigenvalue weighted by molar-refractivity contribution is 0.211. The maximum atomic E-state index is 12.4. The largest absolute Gasteiger partial charge is 0.495 e. The van der Waals surface area contributed by atoms with E-state index in [1.807, 2.05) is 24.3 Å². The summed E-state index contributed by atoms with van der Waals surface area (Å²) in [4.78, 5) is 17.3. The lowest BCUT2D eigenvalue weighted by Gasteiger charge is -2.41. The molecule has 0 saturated carbocycles. The van der Waals surface area contributed by atoms with Crippen molar-refractivity contribution >= 4 is 52.0 Å². The Labute approximate surface area is 226 Å². The third kappa shape index (κ3) is 5.74. The van der Waals surface area contributed by atoms with Gasteiger partial charge in [-0.25, -0.2) is 4.79 Å². The SMILES string of the molecule is CCCCC(C(=C=O)c1ccc2c(Cl)c(OC)ccc2c1)N1CCN(c2cccc(C)c2C)CC1.Cl. The van der Waals surface area contributed by atoms with Crippen LogP contribution in [0.1, 0.15) is 42.9 Å². The summed E-state index contributed by atoms with van der Waals surface area (Å²) < 4.78 is 5.36. The second kappa shape index (κ2) is 12.7. The van der Waals surface area contributed by atoms with E-state index < -0.39 is 0 Å². The van der Waals surface area contributed by atoms with Crippen LogP contribution in [0.3, 0.4) is 0 Å². The third-order valence-corrected chi connectivity index (χ3v) is 7.79. The number of methoxy groups -OCH3 is 1. The predicted molar refractivity (Wildman–Crippen MR) is 155 cm³/mol. The van der Waals surface area contributed by atoms with Crippen LogP contribution in [0, 0.1) is 13.8 Å². The van der Waals surface area contributed by atoms with Crippen LogP contribution in [-0.4, -0.2) is 50.2 Å². The van der Waals surface area contributed by atoms with Crippen LogP contribution in [0.5, 0.6) is 5.75 Å². The zero-order chi connectivity index (χ0) is 24.9. The van der Waals surface area contributed by atoms with Gasteiger partial charge in [-0.15, -0.1) is 12.4 Å². The fourth-order valence-corrected chi connectivity index (χ4v) is 5.49. The Hall–Kier alpha value is -2.49. The minimum atomic E-state index is 0. The Balaban J connectivity index is 0.00000361. The summed E-state index contributed by atoms with van der Waals surface area (Å²) in [6.07, 6.45) is 3.12. The summed E-state index contributed by atoms with van der Waals surface area (Å²) in [6, 6.07) is 16.5. The van der Waals surface area contributed by atoms with Gasteiger partial charge in [0.2, 0.25) is 0 Å². The molecule has 1 aliphatic rings. The molecule has 0 amide bonds. The average molecular weight is 528 g/mol. The highest BCUT2D eigenvalue weighted by molar-refractivity contribution is 6.37. The van der Waals surface area contributed by atoms with Crippen molar-refractivity contribution in [2.45, 2.75) is 46.1 Å². The number of carbonyl (C=O) groups excluding carboxylic acids is 1. The van der Waals surface area contributed by atoms with Crippen LogP contribution in [0.25, 0.3) is 16.3 Å². The van der Waals surface area contributed by atoms with Crippen LogP contribution >= 0.6 is 24.0 Å². The summed E-state index contributed by atoms with van der Waals surface area (Å²) >= 11 is 6.52. The molecule has 1 atom stereocenters. The standard InChI is InChI=1S/C30H35ClN2O2.ClH/c1-5-6-9-28(33-17-15-32(16-18-33)27-10-7-8-21(2)22(27)3)26(20-34)24-11-13-25-23(19-24)12-14-29(35-4)30(25)31;/h7-8,10-14,19,28H,5-6,9,15-18H2,1-4H3;1H. The monoisotopic (exact) mass is 526 g/mol. The van der Waals surface area contributed by atoms with Crippen molar-refractivity contribution < 1.29 is 9.53 Å². The second-order valence-corrected chi connectivity index (χ2v) is 9.81. The number of unbranched alkanes of at least 4 members (excludes halogenated alkanes) is 1. The number of nitrogens with zero attached hydrogens (tertiary/aromatic N) is 2. The number of rotatable bonds is 8. The van der Waals surface area contributed by atoms with E-state index >= 15 is 0 Å². The van der Waals surface area contributed by atoms with E-state index in [2.05, 4.69) is 60.8 Å². The first-order valence-corrected chi connectivity index (χ1v) is 12.9. The van der Waals surface area contributed by atoms with E-state index in [1.165, 1.54) is 16.8 Å². The molecule has 1 unspecified atom stereocenters. The molecule has 1 heterocycles. The number of benzene rings is 3. The molecule has 0 aliphatic carbocycles. The number of piperazine rings is 1. The molecule has 4 rings (SSSR count). The second-order valence-electron chi connectivity index (χ2n) is 9.43. The zero-order valence-electron chi connectivity index (χ0n) is 21.6. The highest BCUT2D eigenvalue weighted by Gasteiger charge is 2.28. The zero-order valence-corrected chi connectivity index (χ0v) is 23.2. The lowest BCUT2D eigenvalue weighted by Crippen LogP contribution is -2.51. The molecule has 36 heavy (non-hydrogen) atoms. The van der Waals surface area contributed by atoms with Crippen molar-refractivity contribution in [1.29, 1.82) is 0 Å². The van der Waals surface area contributed by atoms with Gasteiger partial charge >= 0.3 is 0 Å². The Bertz CT molecular complexity index is 1250. The molecule has 4 nitrogen and oxygen atoms in total. The lowest BCUT2D eigenvalue weighted by atomic mass is 9.92. The molecule has 0 aromatic heterocycles. The molecule has 0 bridgehead atoms. The van der Waals surface area contributed by atoms with Gasteiger partial charge in [0.15, 0.2) is 0 Å². The maximum absolute atomic E-state index is 12.4. The van der Waals surface area contributed by atoms with Crippen molar-refractivity contribution in [2.75, 3.05) is 38.2 Å². The normalized spacial score (nSPS) is 14.8. The van der Waals surface area contributed by atoms with E-state index in [-0.39, 0.29) is 18.4 Å². The van der Waals surface area contributed by atoms with Crippen LogP contribution in [0.15, 0.2) is 48.5 Å². The van der Waals surface area contributed by atoms with Gasteiger partial charge in [-0.2, -0.15) is 0 Å². The first-order valence-electron chi connectivity index (χ1n) is 12.5. The van der Waals surface area contributed by atoms with Gasteiger partial charge in [0.1, 0.15) is 11.7 Å². The molecule has 192 valence electrons. The Morgan fingerprint density at radius 1 is 1.08 bits per heavy atom. The molecule has 3 aromatic rings. The quantitative estimate of drug-likeness (QED) is 0.292. The van der Waals surface area contributed by atoms with E-state index in [9.17, 15) is 4.79 Å². The number of hydrogen-bond acceptors (Lipinski definition) is 4. The van der Waals surface area contributed by atoms with Gasteiger partial charge in [0, 0.05) is 43.3 Å². The number of anilines is 1. The highest BCUT2D eigenvalue weighted by Crippen LogP contribution is 2.35. The predicted octanol–water partition coefficient (Wildman–Crippen LogP) is 7.14. The van der Waals surface area contributed by atoms with Crippen molar-refractivity contribution in [2.24, 2.45) is 0 Å². The first-order chi connectivity index (χ1) is 17.0. The molecule has 0 radical (unpaired) electrons. The molecule has 1 fully saturated rings.